The van der Waals surface area contributed by atoms with Crippen molar-refractivity contribution in [2.75, 3.05) is 0 Å². The van der Waals surface area contributed by atoms with Gasteiger partial charge in [0.25, 0.3) is 0 Å². The highest BCUT2D eigenvalue weighted by Gasteiger charge is 2.41. The summed E-state index contributed by atoms with van der Waals surface area (Å²) in [6.07, 6.45) is 7.47. The van der Waals surface area contributed by atoms with Crippen molar-refractivity contribution in [2.24, 2.45) is 22.1 Å². The Balaban J connectivity index is 1.85. The van der Waals surface area contributed by atoms with Gasteiger partial charge in [0.05, 0.1) is 11.4 Å². The lowest BCUT2D eigenvalue weighted by atomic mass is 9.73. The zero-order valence-electron chi connectivity index (χ0n) is 22.7. The summed E-state index contributed by atoms with van der Waals surface area (Å²) in [6, 6.07) is 15.1. The molecule has 0 heterocycles. The molecule has 1 atom stereocenters. The Morgan fingerprint density at radius 3 is 2.16 bits per heavy atom. The maximum Gasteiger partial charge on any atom is 0.331 e. The zero-order valence-corrected chi connectivity index (χ0v) is 22.7. The monoisotopic (exact) mass is 502 g/mol. The van der Waals surface area contributed by atoms with Crippen LogP contribution in [0.2, 0.25) is 0 Å². The van der Waals surface area contributed by atoms with E-state index in [0.717, 1.165) is 37.7 Å². The summed E-state index contributed by atoms with van der Waals surface area (Å²) in [6.45, 7) is 9.04. The molecule has 0 N–H and O–H groups in total. The van der Waals surface area contributed by atoms with Gasteiger partial charge in [-0.1, -0.05) is 86.2 Å². The molecule has 0 amide bonds. The Hall–Kier alpha value is -3.28. The van der Waals surface area contributed by atoms with Crippen molar-refractivity contribution in [3.05, 3.63) is 59.2 Å². The van der Waals surface area contributed by atoms with E-state index in [1.54, 1.807) is 0 Å². The Morgan fingerprint density at radius 2 is 1.51 bits per heavy atom. The Bertz CT molecular complexity index is 1220. The fourth-order valence-electron chi connectivity index (χ4n) is 6.32. The average Bonchev–Trinajstić information content (AvgIpc) is 3.50. The van der Waals surface area contributed by atoms with Gasteiger partial charge in [-0.15, -0.1) is 0 Å². The molecule has 1 fully saturated rings. The van der Waals surface area contributed by atoms with Crippen LogP contribution < -0.4 is 0 Å². The van der Waals surface area contributed by atoms with Crippen molar-refractivity contribution < 1.29 is 19.3 Å². The second-order valence-electron chi connectivity index (χ2n) is 10.4. The fraction of sp³-hybridized carbons (Fsp3) is 0.484. The van der Waals surface area contributed by atoms with E-state index >= 15 is 0 Å². The zero-order chi connectivity index (χ0) is 26.6. The number of rotatable bonds is 9. The molecule has 196 valence electrons. The second kappa shape index (κ2) is 11.4. The highest BCUT2D eigenvalue weighted by molar-refractivity contribution is 6.14. The van der Waals surface area contributed by atoms with Gasteiger partial charge in [0.15, 0.2) is 0 Å². The van der Waals surface area contributed by atoms with Gasteiger partial charge in [-0.25, -0.2) is 9.59 Å². The molecule has 2 aromatic rings. The number of fused-ring (bicyclic) bond motifs is 3. The molecule has 0 radical (unpaired) electrons. The lowest BCUT2D eigenvalue weighted by Crippen LogP contribution is -2.28. The van der Waals surface area contributed by atoms with Crippen molar-refractivity contribution in [3.63, 3.8) is 0 Å². The molecule has 1 unspecified atom stereocenters. The lowest BCUT2D eigenvalue weighted by Gasteiger charge is -2.30. The van der Waals surface area contributed by atoms with E-state index in [1.807, 2.05) is 6.92 Å². The highest BCUT2D eigenvalue weighted by Crippen LogP contribution is 2.52. The van der Waals surface area contributed by atoms with Crippen molar-refractivity contribution >= 4 is 23.4 Å². The first-order valence-corrected chi connectivity index (χ1v) is 13.5. The summed E-state index contributed by atoms with van der Waals surface area (Å²) < 4.78 is 0. The smallest absolute Gasteiger partial charge is 0.319 e. The van der Waals surface area contributed by atoms with Gasteiger partial charge in [-0.2, -0.15) is 0 Å². The summed E-state index contributed by atoms with van der Waals surface area (Å²) in [5.41, 5.74) is 7.27. The molecule has 0 bridgehead atoms. The van der Waals surface area contributed by atoms with E-state index in [4.69, 9.17) is 9.68 Å². The SMILES string of the molecule is CCC1(CC)c2ccccc2-c2ccc(/C(=N\OC(C)=O)C(CC3CCCC3)/C(C)=N/OC(C)=O)cc21. The molecular weight excluding hydrogens is 464 g/mol. The Labute approximate surface area is 220 Å². The summed E-state index contributed by atoms with van der Waals surface area (Å²) in [7, 11) is 0. The highest BCUT2D eigenvalue weighted by atomic mass is 16.7. The number of carbonyl (C=O) groups is 2. The Kier molecular flexibility index (Phi) is 8.25. The van der Waals surface area contributed by atoms with Gasteiger partial charge < -0.3 is 9.68 Å². The largest absolute Gasteiger partial charge is 0.331 e. The molecule has 2 aliphatic rings. The maximum atomic E-state index is 11.8. The second-order valence-corrected chi connectivity index (χ2v) is 10.4. The van der Waals surface area contributed by atoms with E-state index < -0.39 is 11.9 Å². The first kappa shape index (κ1) is 26.8. The third kappa shape index (κ3) is 5.39. The van der Waals surface area contributed by atoms with Crippen LogP contribution in [0.4, 0.5) is 0 Å². The van der Waals surface area contributed by atoms with Gasteiger partial charge in [0.2, 0.25) is 0 Å². The van der Waals surface area contributed by atoms with Crippen LogP contribution in [0.5, 0.6) is 0 Å². The summed E-state index contributed by atoms with van der Waals surface area (Å²) in [5, 5.41) is 8.56. The minimum atomic E-state index is -0.475. The molecule has 0 saturated heterocycles. The topological polar surface area (TPSA) is 77.3 Å². The van der Waals surface area contributed by atoms with Gasteiger partial charge in [0, 0.05) is 30.7 Å². The molecule has 0 aliphatic heterocycles. The molecule has 37 heavy (non-hydrogen) atoms. The van der Waals surface area contributed by atoms with Crippen LogP contribution in [0, 0.1) is 11.8 Å². The van der Waals surface area contributed by atoms with E-state index in [9.17, 15) is 9.59 Å². The summed E-state index contributed by atoms with van der Waals surface area (Å²) >= 11 is 0. The lowest BCUT2D eigenvalue weighted by molar-refractivity contribution is -0.141. The minimum absolute atomic E-state index is 0.0870. The molecular formula is C31H38N2O4. The Morgan fingerprint density at radius 1 is 0.892 bits per heavy atom. The van der Waals surface area contributed by atoms with Crippen molar-refractivity contribution in [1.29, 1.82) is 0 Å². The van der Waals surface area contributed by atoms with Crippen LogP contribution in [0.3, 0.4) is 0 Å². The van der Waals surface area contributed by atoms with Crippen LogP contribution in [0.25, 0.3) is 11.1 Å². The van der Waals surface area contributed by atoms with E-state index in [-0.39, 0.29) is 11.3 Å². The van der Waals surface area contributed by atoms with E-state index in [0.29, 0.717) is 17.3 Å². The average molecular weight is 503 g/mol. The van der Waals surface area contributed by atoms with Gasteiger partial charge in [-0.3, -0.25) is 0 Å². The van der Waals surface area contributed by atoms with Crippen LogP contribution >= 0.6 is 0 Å². The standard InChI is InChI=1S/C31H38N2O4/c1-6-31(7-2)28-15-11-10-14-25(28)26-17-16-24(19-29(26)31)30(33-37-22(5)35)27(18-23-12-8-9-13-23)20(3)32-36-21(4)34/h10-11,14-17,19,23,27H,6-9,12-13,18H2,1-5H3/b32-20+,33-30+. The van der Waals surface area contributed by atoms with E-state index in [1.165, 1.54) is 48.9 Å². The van der Waals surface area contributed by atoms with Gasteiger partial charge in [-0.05, 0) is 60.4 Å². The maximum absolute atomic E-state index is 11.8. The summed E-state index contributed by atoms with van der Waals surface area (Å²) in [5.74, 6) is -0.680. The molecule has 2 aliphatic carbocycles. The van der Waals surface area contributed by atoms with Crippen molar-refractivity contribution in [1.82, 2.24) is 0 Å². The number of nitrogens with zero attached hydrogens (tertiary/aromatic N) is 2. The number of benzene rings is 2. The van der Waals surface area contributed by atoms with Gasteiger partial charge in [0.1, 0.15) is 0 Å². The molecule has 2 aromatic carbocycles. The van der Waals surface area contributed by atoms with Crippen molar-refractivity contribution in [3.8, 4) is 11.1 Å². The molecule has 4 rings (SSSR count). The van der Waals surface area contributed by atoms with Crippen LogP contribution in [-0.2, 0) is 24.7 Å². The molecule has 6 heteroatoms. The minimum Gasteiger partial charge on any atom is -0.319 e. The predicted octanol–water partition coefficient (Wildman–Crippen LogP) is 7.18. The predicted molar refractivity (Wildman–Crippen MR) is 146 cm³/mol. The number of oxime groups is 2. The quantitative estimate of drug-likeness (QED) is 0.207. The first-order chi connectivity index (χ1) is 17.8. The van der Waals surface area contributed by atoms with Crippen molar-refractivity contribution in [2.45, 2.75) is 85.0 Å². The number of hydrogen-bond donors (Lipinski definition) is 0. The third-order valence-corrected chi connectivity index (χ3v) is 8.24. The van der Waals surface area contributed by atoms with Crippen LogP contribution in [-0.4, -0.2) is 23.4 Å². The third-order valence-electron chi connectivity index (χ3n) is 8.24. The number of hydrogen-bond acceptors (Lipinski definition) is 6. The first-order valence-electron chi connectivity index (χ1n) is 13.5. The van der Waals surface area contributed by atoms with E-state index in [2.05, 4.69) is 66.6 Å². The summed E-state index contributed by atoms with van der Waals surface area (Å²) in [4.78, 5) is 33.6. The molecule has 6 nitrogen and oxygen atoms in total. The normalized spacial score (nSPS) is 17.8. The van der Waals surface area contributed by atoms with Crippen LogP contribution in [0.15, 0.2) is 52.8 Å². The molecule has 0 aromatic heterocycles. The molecule has 1 saturated carbocycles. The van der Waals surface area contributed by atoms with Crippen LogP contribution in [0.1, 0.15) is 96.3 Å². The van der Waals surface area contributed by atoms with Gasteiger partial charge >= 0.3 is 11.9 Å². The number of carbonyl (C=O) groups excluding carboxylic acids is 2. The fourth-order valence-corrected chi connectivity index (χ4v) is 6.32. The molecule has 0 spiro atoms.